The molecule has 0 aliphatic carbocycles. The van der Waals surface area contributed by atoms with Gasteiger partial charge in [-0.05, 0) is 62.3 Å². The third-order valence-corrected chi connectivity index (χ3v) is 5.84. The zero-order valence-corrected chi connectivity index (χ0v) is 17.2. The van der Waals surface area contributed by atoms with Crippen molar-refractivity contribution < 1.29 is 4.79 Å². The molecule has 2 aliphatic rings. The summed E-state index contributed by atoms with van der Waals surface area (Å²) in [5.41, 5.74) is 3.41. The van der Waals surface area contributed by atoms with Crippen molar-refractivity contribution in [3.8, 4) is 0 Å². The van der Waals surface area contributed by atoms with Crippen LogP contribution in [0.1, 0.15) is 49.4 Å². The highest BCUT2D eigenvalue weighted by atomic mass is 16.2. The number of fused-ring (bicyclic) bond motifs is 1. The van der Waals surface area contributed by atoms with E-state index in [-0.39, 0.29) is 12.1 Å². The molecule has 7 heteroatoms. The first-order valence-corrected chi connectivity index (χ1v) is 10.7. The van der Waals surface area contributed by atoms with Crippen LogP contribution in [0, 0.1) is 0 Å². The number of hydrogen-bond acceptors (Lipinski definition) is 5. The molecule has 1 saturated heterocycles. The number of nitrogens with one attached hydrogen (secondary N) is 1. The first-order valence-electron chi connectivity index (χ1n) is 10.7. The fraction of sp³-hybridized carbons (Fsp3) is 0.545. The maximum Gasteiger partial charge on any atom is 0.317 e. The van der Waals surface area contributed by atoms with Crippen LogP contribution in [0.15, 0.2) is 30.6 Å². The smallest absolute Gasteiger partial charge is 0.317 e. The van der Waals surface area contributed by atoms with E-state index in [9.17, 15) is 4.79 Å². The summed E-state index contributed by atoms with van der Waals surface area (Å²) in [4.78, 5) is 21.1. The molecular weight excluding hydrogens is 364 g/mol. The molecular formula is C22H30N6O. The van der Waals surface area contributed by atoms with Crippen molar-refractivity contribution in [1.82, 2.24) is 25.4 Å². The summed E-state index contributed by atoms with van der Waals surface area (Å²) in [6, 6.07) is 6.36. The number of aryl methyl sites for hydroxylation is 1. The van der Waals surface area contributed by atoms with Crippen LogP contribution < -0.4 is 10.2 Å². The van der Waals surface area contributed by atoms with Gasteiger partial charge in [0, 0.05) is 51.0 Å². The molecule has 0 bridgehead atoms. The second-order valence-corrected chi connectivity index (χ2v) is 8.14. The fourth-order valence-electron chi connectivity index (χ4n) is 4.12. The summed E-state index contributed by atoms with van der Waals surface area (Å²) in [7, 11) is 0. The van der Waals surface area contributed by atoms with Gasteiger partial charge < -0.3 is 15.1 Å². The highest BCUT2D eigenvalue weighted by Gasteiger charge is 2.24. The number of pyridine rings is 1. The van der Waals surface area contributed by atoms with Crippen molar-refractivity contribution in [3.05, 3.63) is 47.4 Å². The van der Waals surface area contributed by atoms with Gasteiger partial charge in [-0.1, -0.05) is 6.07 Å². The molecule has 0 saturated carbocycles. The molecule has 2 aromatic heterocycles. The average molecular weight is 395 g/mol. The largest absolute Gasteiger partial charge is 0.355 e. The van der Waals surface area contributed by atoms with Crippen molar-refractivity contribution >= 4 is 11.8 Å². The number of amides is 2. The van der Waals surface area contributed by atoms with E-state index in [4.69, 9.17) is 0 Å². The van der Waals surface area contributed by atoms with Crippen LogP contribution in [0.4, 0.5) is 10.6 Å². The van der Waals surface area contributed by atoms with Crippen LogP contribution >= 0.6 is 0 Å². The van der Waals surface area contributed by atoms with Gasteiger partial charge in [0.1, 0.15) is 0 Å². The van der Waals surface area contributed by atoms with E-state index in [1.807, 2.05) is 17.2 Å². The highest BCUT2D eigenvalue weighted by molar-refractivity contribution is 5.74. The summed E-state index contributed by atoms with van der Waals surface area (Å²) in [6.07, 6.45) is 9.88. The lowest BCUT2D eigenvalue weighted by atomic mass is 10.1. The molecule has 0 spiro atoms. The molecule has 1 unspecified atom stereocenters. The van der Waals surface area contributed by atoms with Crippen LogP contribution in [0.25, 0.3) is 0 Å². The van der Waals surface area contributed by atoms with Gasteiger partial charge in [-0.25, -0.2) is 4.79 Å². The third kappa shape index (κ3) is 5.02. The van der Waals surface area contributed by atoms with Crippen LogP contribution in [0.3, 0.4) is 0 Å². The highest BCUT2D eigenvalue weighted by Crippen LogP contribution is 2.23. The van der Waals surface area contributed by atoms with E-state index in [2.05, 4.69) is 44.5 Å². The van der Waals surface area contributed by atoms with Crippen LogP contribution in [-0.4, -0.2) is 51.8 Å². The molecule has 2 aromatic rings. The monoisotopic (exact) mass is 394 g/mol. The van der Waals surface area contributed by atoms with Gasteiger partial charge in [-0.3, -0.25) is 4.98 Å². The molecule has 29 heavy (non-hydrogen) atoms. The fourth-order valence-corrected chi connectivity index (χ4v) is 4.12. The zero-order chi connectivity index (χ0) is 20.1. The Morgan fingerprint density at radius 3 is 2.90 bits per heavy atom. The van der Waals surface area contributed by atoms with E-state index in [1.165, 1.54) is 18.4 Å². The van der Waals surface area contributed by atoms with Gasteiger partial charge in [0.2, 0.25) is 0 Å². The Labute approximate surface area is 172 Å². The van der Waals surface area contributed by atoms with Gasteiger partial charge >= 0.3 is 6.03 Å². The summed E-state index contributed by atoms with van der Waals surface area (Å²) in [5, 5.41) is 12.0. The molecule has 2 amide bonds. The zero-order valence-electron chi connectivity index (χ0n) is 17.2. The quantitative estimate of drug-likeness (QED) is 0.815. The number of rotatable bonds is 6. The Bertz CT molecular complexity index is 821. The number of urea groups is 1. The topological polar surface area (TPSA) is 74.2 Å². The van der Waals surface area contributed by atoms with Crippen molar-refractivity contribution in [2.45, 2.75) is 58.0 Å². The minimum atomic E-state index is 0.0177. The van der Waals surface area contributed by atoms with E-state index in [0.29, 0.717) is 13.1 Å². The number of carbonyl (C=O) groups excluding carboxylic acids is 1. The first-order chi connectivity index (χ1) is 14.2. The molecule has 0 aromatic carbocycles. The molecule has 154 valence electrons. The van der Waals surface area contributed by atoms with Crippen LogP contribution in [0.5, 0.6) is 0 Å². The van der Waals surface area contributed by atoms with Crippen molar-refractivity contribution in [3.63, 3.8) is 0 Å². The van der Waals surface area contributed by atoms with Crippen LogP contribution in [-0.2, 0) is 19.4 Å². The number of hydrogen-bond donors (Lipinski definition) is 1. The normalized spacial score (nSPS) is 17.1. The van der Waals surface area contributed by atoms with E-state index < -0.39 is 0 Å². The molecule has 1 atom stereocenters. The maximum atomic E-state index is 12.8. The van der Waals surface area contributed by atoms with E-state index >= 15 is 0 Å². The molecule has 0 radical (unpaired) electrons. The van der Waals surface area contributed by atoms with Crippen molar-refractivity contribution in [2.24, 2.45) is 0 Å². The minimum absolute atomic E-state index is 0.0177. The Kier molecular flexibility index (Phi) is 6.22. The van der Waals surface area contributed by atoms with Crippen molar-refractivity contribution in [1.29, 1.82) is 0 Å². The predicted molar refractivity (Wildman–Crippen MR) is 113 cm³/mol. The lowest BCUT2D eigenvalue weighted by Crippen LogP contribution is -2.46. The number of aromatic nitrogens is 3. The average Bonchev–Trinajstić information content (AvgIpc) is 3.28. The summed E-state index contributed by atoms with van der Waals surface area (Å²) in [5.74, 6) is 0.951. The minimum Gasteiger partial charge on any atom is -0.355 e. The van der Waals surface area contributed by atoms with Gasteiger partial charge in [-0.2, -0.15) is 5.10 Å². The summed E-state index contributed by atoms with van der Waals surface area (Å²) < 4.78 is 0. The lowest BCUT2D eigenvalue weighted by molar-refractivity contribution is 0.187. The predicted octanol–water partition coefficient (Wildman–Crippen LogP) is 2.95. The van der Waals surface area contributed by atoms with E-state index in [1.54, 1.807) is 6.20 Å². The molecule has 4 heterocycles. The van der Waals surface area contributed by atoms with Gasteiger partial charge in [-0.15, -0.1) is 5.10 Å². The second kappa shape index (κ2) is 9.20. The Balaban J connectivity index is 1.28. The van der Waals surface area contributed by atoms with Gasteiger partial charge in [0.25, 0.3) is 0 Å². The van der Waals surface area contributed by atoms with E-state index in [0.717, 1.165) is 55.8 Å². The molecule has 7 nitrogen and oxygen atoms in total. The Hall–Kier alpha value is -2.70. The second-order valence-electron chi connectivity index (χ2n) is 8.14. The summed E-state index contributed by atoms with van der Waals surface area (Å²) in [6.45, 7) is 5.48. The van der Waals surface area contributed by atoms with Crippen molar-refractivity contribution in [2.75, 3.05) is 24.5 Å². The third-order valence-electron chi connectivity index (χ3n) is 5.84. The molecule has 4 rings (SSSR count). The number of nitrogens with zero attached hydrogens (tertiary/aromatic N) is 5. The standard InChI is InChI=1S/C22H30N6O/c1-17(6-4-7-18-8-5-10-23-15-18)24-22(29)28-13-9-20-19(16-28)14-21(26-25-20)27-11-2-3-12-27/h5,8,10,14-15,17H,2-4,6-7,9,11-13,16H2,1H3,(H,24,29). The Morgan fingerprint density at radius 2 is 2.10 bits per heavy atom. The SMILES string of the molecule is CC(CCCc1cccnc1)NC(=O)N1CCc2nnc(N3CCCC3)cc2C1. The molecule has 1 fully saturated rings. The lowest BCUT2D eigenvalue weighted by Gasteiger charge is -2.30. The molecule has 1 N–H and O–H groups in total. The maximum absolute atomic E-state index is 12.8. The van der Waals surface area contributed by atoms with Gasteiger partial charge in [0.05, 0.1) is 5.69 Å². The number of anilines is 1. The first kappa shape index (κ1) is 19.6. The summed E-state index contributed by atoms with van der Waals surface area (Å²) >= 11 is 0. The Morgan fingerprint density at radius 1 is 1.24 bits per heavy atom. The van der Waals surface area contributed by atoms with Crippen LogP contribution in [0.2, 0.25) is 0 Å². The van der Waals surface area contributed by atoms with Gasteiger partial charge in [0.15, 0.2) is 5.82 Å². The molecule has 2 aliphatic heterocycles. The number of carbonyl (C=O) groups is 1.